The number of aryl methyl sites for hydroxylation is 2. The summed E-state index contributed by atoms with van der Waals surface area (Å²) in [6, 6.07) is 10.2. The van der Waals surface area contributed by atoms with E-state index in [4.69, 9.17) is 4.42 Å². The summed E-state index contributed by atoms with van der Waals surface area (Å²) in [6.07, 6.45) is 1.64. The normalized spacial score (nSPS) is 11.3. The van der Waals surface area contributed by atoms with Crippen LogP contribution in [0.15, 0.2) is 51.5 Å². The minimum absolute atomic E-state index is 0.130. The zero-order valence-electron chi connectivity index (χ0n) is 17.7. The number of rotatable bonds is 7. The van der Waals surface area contributed by atoms with Gasteiger partial charge in [-0.1, -0.05) is 41.6 Å². The number of carbonyl (C=O) groups excluding carboxylic acids is 1. The molecule has 4 rings (SSSR count). The van der Waals surface area contributed by atoms with Gasteiger partial charge in [0, 0.05) is 17.0 Å². The molecule has 0 fully saturated rings. The van der Waals surface area contributed by atoms with Gasteiger partial charge in [0.2, 0.25) is 5.91 Å². The summed E-state index contributed by atoms with van der Waals surface area (Å²) in [7, 11) is 0. The Labute approximate surface area is 188 Å². The van der Waals surface area contributed by atoms with E-state index in [1.54, 1.807) is 6.26 Å². The molecule has 0 unspecified atom stereocenters. The lowest BCUT2D eigenvalue weighted by atomic mass is 10.1. The SMILES string of the molecule is Cc1ccc(-c2csc(NC(=O)CSc3nnc(-c4ccoc4C)n3C(C)C)n2)cc1. The first-order chi connectivity index (χ1) is 14.9. The van der Waals surface area contributed by atoms with Crippen LogP contribution in [-0.2, 0) is 4.79 Å². The van der Waals surface area contributed by atoms with Gasteiger partial charge in [-0.15, -0.1) is 21.5 Å². The molecule has 7 nitrogen and oxygen atoms in total. The summed E-state index contributed by atoms with van der Waals surface area (Å²) < 4.78 is 7.43. The lowest BCUT2D eigenvalue weighted by molar-refractivity contribution is -0.113. The fraction of sp³-hybridized carbons (Fsp3) is 0.273. The Bertz CT molecular complexity index is 1190. The van der Waals surface area contributed by atoms with Crippen LogP contribution < -0.4 is 5.32 Å². The molecule has 1 aromatic carbocycles. The number of amides is 1. The Balaban J connectivity index is 1.42. The van der Waals surface area contributed by atoms with E-state index in [2.05, 4.69) is 34.3 Å². The highest BCUT2D eigenvalue weighted by molar-refractivity contribution is 7.99. The first-order valence-electron chi connectivity index (χ1n) is 9.87. The van der Waals surface area contributed by atoms with Gasteiger partial charge in [-0.2, -0.15) is 0 Å². The van der Waals surface area contributed by atoms with Gasteiger partial charge in [0.1, 0.15) is 5.76 Å². The first-order valence-corrected chi connectivity index (χ1v) is 11.7. The van der Waals surface area contributed by atoms with Crippen LogP contribution >= 0.6 is 23.1 Å². The van der Waals surface area contributed by atoms with Crippen molar-refractivity contribution < 1.29 is 9.21 Å². The van der Waals surface area contributed by atoms with Gasteiger partial charge in [0.15, 0.2) is 16.1 Å². The zero-order valence-corrected chi connectivity index (χ0v) is 19.4. The van der Waals surface area contributed by atoms with E-state index in [-0.39, 0.29) is 17.7 Å². The summed E-state index contributed by atoms with van der Waals surface area (Å²) in [6.45, 7) is 8.07. The summed E-state index contributed by atoms with van der Waals surface area (Å²) in [5, 5.41) is 14.7. The predicted molar refractivity (Wildman–Crippen MR) is 124 cm³/mol. The van der Waals surface area contributed by atoms with Gasteiger partial charge >= 0.3 is 0 Å². The van der Waals surface area contributed by atoms with Crippen LogP contribution in [0.5, 0.6) is 0 Å². The van der Waals surface area contributed by atoms with Gasteiger partial charge in [-0.05, 0) is 33.8 Å². The molecule has 0 aliphatic carbocycles. The molecular weight excluding hydrogens is 430 g/mol. The number of thioether (sulfide) groups is 1. The third-order valence-corrected chi connectivity index (χ3v) is 6.41. The monoisotopic (exact) mass is 453 g/mol. The molecule has 4 aromatic rings. The standard InChI is InChI=1S/C22H23N5O2S2/c1-13(2)27-20(17-9-10-29-15(17)4)25-26-22(27)31-12-19(28)24-21-23-18(11-30-21)16-7-5-14(3)6-8-16/h5-11,13H,12H2,1-4H3,(H,23,24,28). The largest absolute Gasteiger partial charge is 0.469 e. The number of benzene rings is 1. The molecule has 3 aromatic heterocycles. The van der Waals surface area contributed by atoms with Crippen molar-refractivity contribution in [3.63, 3.8) is 0 Å². The number of nitrogens with one attached hydrogen (secondary N) is 1. The second-order valence-corrected chi connectivity index (χ2v) is 9.20. The number of carbonyl (C=O) groups is 1. The van der Waals surface area contributed by atoms with Gasteiger partial charge in [-0.25, -0.2) is 4.98 Å². The number of hydrogen-bond acceptors (Lipinski definition) is 7. The van der Waals surface area contributed by atoms with Crippen molar-refractivity contribution in [2.75, 3.05) is 11.1 Å². The molecule has 31 heavy (non-hydrogen) atoms. The van der Waals surface area contributed by atoms with Crippen LogP contribution in [0.1, 0.15) is 31.2 Å². The molecule has 0 saturated carbocycles. The lowest BCUT2D eigenvalue weighted by Gasteiger charge is -2.13. The van der Waals surface area contributed by atoms with Crippen molar-refractivity contribution in [2.45, 2.75) is 38.9 Å². The third-order valence-electron chi connectivity index (χ3n) is 4.71. The smallest absolute Gasteiger partial charge is 0.236 e. The topological polar surface area (TPSA) is 85.8 Å². The number of nitrogens with zero attached hydrogens (tertiary/aromatic N) is 4. The second kappa shape index (κ2) is 9.07. The highest BCUT2D eigenvalue weighted by Crippen LogP contribution is 2.30. The molecular formula is C22H23N5O2S2. The van der Waals surface area contributed by atoms with Crippen molar-refractivity contribution in [1.82, 2.24) is 19.7 Å². The molecule has 0 spiro atoms. The first kappa shape index (κ1) is 21.3. The molecule has 0 aliphatic rings. The van der Waals surface area contributed by atoms with Crippen molar-refractivity contribution in [3.05, 3.63) is 53.3 Å². The van der Waals surface area contributed by atoms with E-state index in [9.17, 15) is 4.79 Å². The molecule has 0 bridgehead atoms. The van der Waals surface area contributed by atoms with Crippen LogP contribution in [0, 0.1) is 13.8 Å². The summed E-state index contributed by atoms with van der Waals surface area (Å²) in [5.41, 5.74) is 3.99. The maximum absolute atomic E-state index is 12.5. The summed E-state index contributed by atoms with van der Waals surface area (Å²) >= 11 is 2.77. The van der Waals surface area contributed by atoms with Crippen molar-refractivity contribution in [3.8, 4) is 22.6 Å². The van der Waals surface area contributed by atoms with Gasteiger partial charge < -0.3 is 9.73 Å². The molecule has 160 valence electrons. The number of furan rings is 1. The highest BCUT2D eigenvalue weighted by atomic mass is 32.2. The van der Waals surface area contributed by atoms with Crippen LogP contribution in [0.4, 0.5) is 5.13 Å². The van der Waals surface area contributed by atoms with Gasteiger partial charge in [0.25, 0.3) is 0 Å². The maximum Gasteiger partial charge on any atom is 0.236 e. The van der Waals surface area contributed by atoms with Gasteiger partial charge in [-0.3, -0.25) is 9.36 Å². The van der Waals surface area contributed by atoms with E-state index in [0.717, 1.165) is 28.4 Å². The average molecular weight is 454 g/mol. The minimum atomic E-state index is -0.130. The van der Waals surface area contributed by atoms with E-state index in [1.165, 1.54) is 28.7 Å². The Morgan fingerprint density at radius 2 is 1.97 bits per heavy atom. The second-order valence-electron chi connectivity index (χ2n) is 7.40. The van der Waals surface area contributed by atoms with Crippen molar-refractivity contribution in [2.24, 2.45) is 0 Å². The summed E-state index contributed by atoms with van der Waals surface area (Å²) in [4.78, 5) is 17.0. The molecule has 9 heteroatoms. The Hall–Kier alpha value is -2.91. The molecule has 3 heterocycles. The minimum Gasteiger partial charge on any atom is -0.469 e. The van der Waals surface area contributed by atoms with Crippen LogP contribution in [0.25, 0.3) is 22.6 Å². The number of aromatic nitrogens is 4. The Kier molecular flexibility index (Phi) is 6.24. The predicted octanol–water partition coefficient (Wildman–Crippen LogP) is 5.59. The molecule has 0 saturated heterocycles. The fourth-order valence-electron chi connectivity index (χ4n) is 3.12. The van der Waals surface area contributed by atoms with E-state index in [1.807, 2.05) is 54.1 Å². The highest BCUT2D eigenvalue weighted by Gasteiger charge is 2.20. The fourth-order valence-corrected chi connectivity index (χ4v) is 4.72. The number of anilines is 1. The van der Waals surface area contributed by atoms with Crippen molar-refractivity contribution in [1.29, 1.82) is 0 Å². The maximum atomic E-state index is 12.5. The van der Waals surface area contributed by atoms with Crippen LogP contribution in [0.3, 0.4) is 0 Å². The molecule has 1 N–H and O–H groups in total. The van der Waals surface area contributed by atoms with Crippen LogP contribution in [-0.4, -0.2) is 31.4 Å². The molecule has 0 aliphatic heterocycles. The average Bonchev–Trinajstić information content (AvgIpc) is 3.46. The summed E-state index contributed by atoms with van der Waals surface area (Å²) in [5.74, 6) is 1.62. The van der Waals surface area contributed by atoms with Gasteiger partial charge in [0.05, 0.1) is 23.3 Å². The number of thiazole rings is 1. The zero-order chi connectivity index (χ0) is 22.0. The molecule has 0 atom stereocenters. The molecule has 0 radical (unpaired) electrons. The van der Waals surface area contributed by atoms with E-state index < -0.39 is 0 Å². The van der Waals surface area contributed by atoms with Crippen molar-refractivity contribution >= 4 is 34.1 Å². The Morgan fingerprint density at radius 3 is 2.65 bits per heavy atom. The van der Waals surface area contributed by atoms with E-state index in [0.29, 0.717) is 10.3 Å². The molecule has 1 amide bonds. The van der Waals surface area contributed by atoms with Crippen LogP contribution in [0.2, 0.25) is 0 Å². The quantitative estimate of drug-likeness (QED) is 0.367. The third kappa shape index (κ3) is 4.72. The van der Waals surface area contributed by atoms with E-state index >= 15 is 0 Å². The lowest BCUT2D eigenvalue weighted by Crippen LogP contribution is -2.15. The Morgan fingerprint density at radius 1 is 1.19 bits per heavy atom. The number of hydrogen-bond donors (Lipinski definition) is 1.